The first kappa shape index (κ1) is 34.7. The van der Waals surface area contributed by atoms with Crippen molar-refractivity contribution in [3.63, 3.8) is 0 Å². The molecule has 0 saturated carbocycles. The monoisotopic (exact) mass is 643 g/mol. The first-order valence-corrected chi connectivity index (χ1v) is 16.4. The van der Waals surface area contributed by atoms with E-state index >= 15 is 4.39 Å². The molecule has 0 aromatic heterocycles. The number of nitrogens with one attached hydrogen (secondary N) is 2. The smallest absolute Gasteiger partial charge is 0.264 e. The molecule has 0 aliphatic carbocycles. The molecular weight excluding hydrogens is 605 g/mol. The zero-order valence-corrected chi connectivity index (χ0v) is 26.4. The summed E-state index contributed by atoms with van der Waals surface area (Å²) in [4.78, 5) is 38.8. The number of hydrogen-bond acceptors (Lipinski definition) is 7. The van der Waals surface area contributed by atoms with Crippen molar-refractivity contribution in [2.24, 2.45) is 5.92 Å². The number of halogens is 1. The van der Waals surface area contributed by atoms with Crippen LogP contribution in [-0.2, 0) is 37.4 Å². The Morgan fingerprint density at radius 2 is 1.68 bits per heavy atom. The molecule has 3 amide bonds. The number of sulfonamides is 1. The first-order chi connectivity index (χ1) is 21.0. The minimum absolute atomic E-state index is 0.0504. The zero-order valence-electron chi connectivity index (χ0n) is 24.7. The van der Waals surface area contributed by atoms with E-state index in [0.717, 1.165) is 12.5 Å². The summed E-state index contributed by atoms with van der Waals surface area (Å²) in [6, 6.07) is 19.6. The van der Waals surface area contributed by atoms with Gasteiger partial charge in [0.05, 0.1) is 10.8 Å². The summed E-state index contributed by atoms with van der Waals surface area (Å²) in [7, 11) is -4.36. The minimum Gasteiger partial charge on any atom is -0.384 e. The Bertz CT molecular complexity index is 1550. The SMILES string of the molecule is CCCC(=O)N(CCNC(=O)[C@@H](CS)Cc1ccccc1)Cc1ccc(-c2ccccc2S(=O)(=O)NC(=O)[C@H](C)O)cc1F. The standard InChI is InChI=1S/C32H38FN3O6S2/c1-3-9-30(38)36(17-16-34-32(40)26(21-43)18-23-10-5-4-6-11-23)20-25-15-14-24(19-28(25)33)27-12-7-8-13-29(27)44(41,42)35-31(39)22(2)37/h4-8,10-15,19,22,26,37,43H,3,9,16-18,20-21H2,1-2H3,(H,34,40)(H,35,39)/t22-,26+/m0/s1. The number of rotatable bonds is 15. The van der Waals surface area contributed by atoms with E-state index in [1.54, 1.807) is 6.07 Å². The van der Waals surface area contributed by atoms with Gasteiger partial charge < -0.3 is 15.3 Å². The van der Waals surface area contributed by atoms with Gasteiger partial charge in [0.25, 0.3) is 15.9 Å². The lowest BCUT2D eigenvalue weighted by Gasteiger charge is -2.24. The Labute approximate surface area is 263 Å². The van der Waals surface area contributed by atoms with Gasteiger partial charge in [-0.3, -0.25) is 14.4 Å². The second kappa shape index (κ2) is 16.4. The predicted molar refractivity (Wildman–Crippen MR) is 170 cm³/mol. The third-order valence-electron chi connectivity index (χ3n) is 6.93. The maximum absolute atomic E-state index is 15.4. The van der Waals surface area contributed by atoms with Crippen molar-refractivity contribution in [1.82, 2.24) is 14.9 Å². The maximum Gasteiger partial charge on any atom is 0.264 e. The molecule has 9 nitrogen and oxygen atoms in total. The average molecular weight is 644 g/mol. The summed E-state index contributed by atoms with van der Waals surface area (Å²) in [5.74, 6) is -2.11. The van der Waals surface area contributed by atoms with E-state index < -0.39 is 27.9 Å². The highest BCUT2D eigenvalue weighted by Gasteiger charge is 2.24. The molecule has 0 bridgehead atoms. The van der Waals surface area contributed by atoms with Crippen LogP contribution in [0.25, 0.3) is 11.1 Å². The van der Waals surface area contributed by atoms with E-state index in [0.29, 0.717) is 18.6 Å². The molecular formula is C32H38FN3O6S2. The molecule has 0 radical (unpaired) electrons. The molecule has 236 valence electrons. The molecule has 3 rings (SSSR count). The van der Waals surface area contributed by atoms with E-state index in [1.807, 2.05) is 42.0 Å². The number of thiol groups is 1. The fraction of sp³-hybridized carbons (Fsp3) is 0.344. The topological polar surface area (TPSA) is 133 Å². The van der Waals surface area contributed by atoms with E-state index in [4.69, 9.17) is 0 Å². The van der Waals surface area contributed by atoms with Crippen LogP contribution in [-0.4, -0.2) is 61.1 Å². The number of nitrogens with zero attached hydrogens (tertiary/aromatic N) is 1. The number of aliphatic hydroxyl groups is 1. The van der Waals surface area contributed by atoms with E-state index in [2.05, 4.69) is 17.9 Å². The third-order valence-corrected chi connectivity index (χ3v) is 8.78. The van der Waals surface area contributed by atoms with Gasteiger partial charge in [-0.1, -0.05) is 67.6 Å². The van der Waals surface area contributed by atoms with Gasteiger partial charge in [0.1, 0.15) is 11.9 Å². The molecule has 0 heterocycles. The van der Waals surface area contributed by atoms with Crippen molar-refractivity contribution >= 4 is 40.4 Å². The summed E-state index contributed by atoms with van der Waals surface area (Å²) in [6.07, 6.45) is -0.161. The number of hydrogen-bond donors (Lipinski definition) is 4. The normalized spacial score (nSPS) is 12.7. The van der Waals surface area contributed by atoms with Gasteiger partial charge in [0.15, 0.2) is 0 Å². The first-order valence-electron chi connectivity index (χ1n) is 14.3. The molecule has 0 saturated heterocycles. The van der Waals surface area contributed by atoms with Gasteiger partial charge in [-0.25, -0.2) is 17.5 Å². The van der Waals surface area contributed by atoms with Gasteiger partial charge in [-0.05, 0) is 43.0 Å². The Hall–Kier alpha value is -3.74. The van der Waals surface area contributed by atoms with Crippen molar-refractivity contribution in [3.8, 4) is 11.1 Å². The molecule has 0 unspecified atom stereocenters. The highest BCUT2D eigenvalue weighted by Crippen LogP contribution is 2.29. The third kappa shape index (κ3) is 9.63. The predicted octanol–water partition coefficient (Wildman–Crippen LogP) is 3.71. The minimum atomic E-state index is -4.36. The molecule has 3 aromatic rings. The average Bonchev–Trinajstić information content (AvgIpc) is 3.00. The Morgan fingerprint density at radius 3 is 2.32 bits per heavy atom. The Balaban J connectivity index is 1.74. The molecule has 44 heavy (non-hydrogen) atoms. The van der Waals surface area contributed by atoms with E-state index in [9.17, 15) is 27.9 Å². The van der Waals surface area contributed by atoms with Crippen molar-refractivity contribution < 1.29 is 32.3 Å². The summed E-state index contributed by atoms with van der Waals surface area (Å²) >= 11 is 4.34. The van der Waals surface area contributed by atoms with Crippen LogP contribution in [0.2, 0.25) is 0 Å². The second-order valence-electron chi connectivity index (χ2n) is 10.4. The van der Waals surface area contributed by atoms with Crippen molar-refractivity contribution in [2.45, 2.75) is 50.7 Å². The highest BCUT2D eigenvalue weighted by molar-refractivity contribution is 7.90. The molecule has 0 aliphatic rings. The number of benzene rings is 3. The van der Waals surface area contributed by atoms with Crippen LogP contribution in [0.3, 0.4) is 0 Å². The van der Waals surface area contributed by atoms with Gasteiger partial charge in [0, 0.05) is 42.9 Å². The Morgan fingerprint density at radius 1 is 1.00 bits per heavy atom. The lowest BCUT2D eigenvalue weighted by Crippen LogP contribution is -2.40. The molecule has 3 N–H and O–H groups in total. The van der Waals surface area contributed by atoms with Crippen LogP contribution >= 0.6 is 12.6 Å². The Kier molecular flexibility index (Phi) is 12.9. The van der Waals surface area contributed by atoms with Gasteiger partial charge in [-0.15, -0.1) is 0 Å². The maximum atomic E-state index is 15.4. The molecule has 12 heteroatoms. The van der Waals surface area contributed by atoms with Crippen LogP contribution in [0, 0.1) is 11.7 Å². The van der Waals surface area contributed by atoms with Crippen LogP contribution in [0.5, 0.6) is 0 Å². The van der Waals surface area contributed by atoms with Crippen LogP contribution in [0.4, 0.5) is 4.39 Å². The number of amides is 3. The summed E-state index contributed by atoms with van der Waals surface area (Å²) < 4.78 is 43.0. The van der Waals surface area contributed by atoms with Crippen molar-refractivity contribution in [2.75, 3.05) is 18.8 Å². The lowest BCUT2D eigenvalue weighted by molar-refractivity contribution is -0.132. The van der Waals surface area contributed by atoms with Crippen molar-refractivity contribution in [1.29, 1.82) is 0 Å². The van der Waals surface area contributed by atoms with Gasteiger partial charge >= 0.3 is 0 Å². The number of carbonyl (C=O) groups excluding carboxylic acids is 3. The van der Waals surface area contributed by atoms with Crippen molar-refractivity contribution in [3.05, 3.63) is 89.7 Å². The summed E-state index contributed by atoms with van der Waals surface area (Å²) in [6.45, 7) is 3.30. The zero-order chi connectivity index (χ0) is 32.3. The molecule has 0 aliphatic heterocycles. The number of aliphatic hydroxyl groups excluding tert-OH is 1. The molecule has 0 spiro atoms. The van der Waals surface area contributed by atoms with Crippen LogP contribution < -0.4 is 10.0 Å². The largest absolute Gasteiger partial charge is 0.384 e. The van der Waals surface area contributed by atoms with Crippen LogP contribution in [0.1, 0.15) is 37.8 Å². The quantitative estimate of drug-likeness (QED) is 0.187. The van der Waals surface area contributed by atoms with E-state index in [1.165, 1.54) is 41.3 Å². The fourth-order valence-corrected chi connectivity index (χ4v) is 6.10. The second-order valence-corrected chi connectivity index (χ2v) is 12.4. The van der Waals surface area contributed by atoms with Gasteiger partial charge in [-0.2, -0.15) is 12.6 Å². The van der Waals surface area contributed by atoms with Crippen LogP contribution in [0.15, 0.2) is 77.7 Å². The van der Waals surface area contributed by atoms with Gasteiger partial charge in [0.2, 0.25) is 11.8 Å². The lowest BCUT2D eigenvalue weighted by atomic mass is 10.0. The summed E-state index contributed by atoms with van der Waals surface area (Å²) in [5.41, 5.74) is 1.63. The molecule has 0 fully saturated rings. The van der Waals surface area contributed by atoms with E-state index in [-0.39, 0.29) is 65.4 Å². The fourth-order valence-electron chi connectivity index (χ4n) is 4.52. The highest BCUT2D eigenvalue weighted by atomic mass is 32.2. The molecule has 3 aromatic carbocycles. The molecule has 2 atom stereocenters. The number of carbonyl (C=O) groups is 3. The summed E-state index contributed by atoms with van der Waals surface area (Å²) in [5, 5.41) is 12.3.